The number of amides is 1. The fraction of sp³-hybridized carbons (Fsp3) is 0.381. The van der Waals surface area contributed by atoms with Crippen molar-refractivity contribution >= 4 is 38.9 Å². The molecule has 6 nitrogen and oxygen atoms in total. The number of piperidine rings is 1. The van der Waals surface area contributed by atoms with Gasteiger partial charge in [-0.25, -0.2) is 8.42 Å². The Balaban J connectivity index is 1.55. The van der Waals surface area contributed by atoms with Gasteiger partial charge < -0.3 is 5.32 Å². The number of likely N-dealkylation sites (tertiary alicyclic amines) is 1. The van der Waals surface area contributed by atoms with Crippen LogP contribution in [-0.2, 0) is 21.4 Å². The second-order valence-electron chi connectivity index (χ2n) is 7.45. The predicted molar refractivity (Wildman–Crippen MR) is 118 cm³/mol. The minimum atomic E-state index is -3.35. The largest absolute Gasteiger partial charge is 0.326 e. The molecule has 0 spiro atoms. The Kier molecular flexibility index (Phi) is 6.82. The number of hydrogen-bond donors (Lipinski definition) is 1. The lowest BCUT2D eigenvalue weighted by atomic mass is 9.95. The van der Waals surface area contributed by atoms with Crippen LogP contribution >= 0.6 is 11.6 Å². The molecule has 1 amide bonds. The highest BCUT2D eigenvalue weighted by atomic mass is 35.5. The van der Waals surface area contributed by atoms with Crippen LogP contribution in [0.5, 0.6) is 0 Å². The summed E-state index contributed by atoms with van der Waals surface area (Å²) in [5, 5.41) is 3.67. The van der Waals surface area contributed by atoms with Crippen molar-refractivity contribution in [2.24, 2.45) is 5.92 Å². The third-order valence-corrected chi connectivity index (χ3v) is 6.67. The van der Waals surface area contributed by atoms with Crippen LogP contribution < -0.4 is 9.62 Å². The molecule has 29 heavy (non-hydrogen) atoms. The monoisotopic (exact) mass is 435 g/mol. The average molecular weight is 436 g/mol. The van der Waals surface area contributed by atoms with Crippen molar-refractivity contribution < 1.29 is 13.2 Å². The van der Waals surface area contributed by atoms with E-state index >= 15 is 0 Å². The van der Waals surface area contributed by atoms with Crippen LogP contribution in [0.25, 0.3) is 0 Å². The highest BCUT2D eigenvalue weighted by molar-refractivity contribution is 7.92. The molecule has 2 aromatic carbocycles. The molecular formula is C21H26ClN3O3S. The molecule has 0 aromatic heterocycles. The Hall–Kier alpha value is -2.09. The maximum absolute atomic E-state index is 12.7. The first-order chi connectivity index (χ1) is 13.7. The van der Waals surface area contributed by atoms with Crippen molar-refractivity contribution in [2.45, 2.75) is 19.4 Å². The van der Waals surface area contributed by atoms with Crippen LogP contribution in [0.3, 0.4) is 0 Å². The third kappa shape index (κ3) is 5.95. The number of hydrogen-bond acceptors (Lipinski definition) is 4. The Morgan fingerprint density at radius 3 is 2.52 bits per heavy atom. The highest BCUT2D eigenvalue weighted by Crippen LogP contribution is 2.24. The van der Waals surface area contributed by atoms with E-state index in [0.717, 1.165) is 43.8 Å². The van der Waals surface area contributed by atoms with Crippen LogP contribution in [0, 0.1) is 5.92 Å². The summed E-state index contributed by atoms with van der Waals surface area (Å²) in [6, 6.07) is 14.7. The van der Waals surface area contributed by atoms with Crippen molar-refractivity contribution in [3.63, 3.8) is 0 Å². The molecule has 1 N–H and O–H groups in total. The normalized spacial score (nSPS) is 15.8. The molecule has 0 radical (unpaired) electrons. The van der Waals surface area contributed by atoms with E-state index in [9.17, 15) is 13.2 Å². The van der Waals surface area contributed by atoms with Crippen molar-refractivity contribution in [1.29, 1.82) is 0 Å². The number of sulfonamides is 1. The lowest BCUT2D eigenvalue weighted by molar-refractivity contribution is -0.121. The van der Waals surface area contributed by atoms with E-state index in [2.05, 4.69) is 16.3 Å². The number of carbonyl (C=O) groups is 1. The van der Waals surface area contributed by atoms with Gasteiger partial charge in [-0.05, 0) is 61.8 Å². The van der Waals surface area contributed by atoms with E-state index in [0.29, 0.717) is 11.4 Å². The zero-order valence-corrected chi connectivity index (χ0v) is 18.2. The Bertz CT molecular complexity index is 973. The Morgan fingerprint density at radius 2 is 1.86 bits per heavy atom. The zero-order valence-electron chi connectivity index (χ0n) is 16.6. The van der Waals surface area contributed by atoms with E-state index in [1.54, 1.807) is 24.3 Å². The van der Waals surface area contributed by atoms with Gasteiger partial charge in [0.2, 0.25) is 15.9 Å². The van der Waals surface area contributed by atoms with Crippen molar-refractivity contribution in [2.75, 3.05) is 36.0 Å². The molecule has 0 atom stereocenters. The van der Waals surface area contributed by atoms with Crippen LogP contribution in [0.1, 0.15) is 18.4 Å². The molecule has 156 valence electrons. The quantitative estimate of drug-likeness (QED) is 0.752. The zero-order chi connectivity index (χ0) is 21.0. The summed E-state index contributed by atoms with van der Waals surface area (Å²) in [6.07, 6.45) is 2.72. The van der Waals surface area contributed by atoms with Gasteiger partial charge in [0, 0.05) is 30.2 Å². The summed E-state index contributed by atoms with van der Waals surface area (Å²) in [7, 11) is -1.86. The van der Waals surface area contributed by atoms with Crippen LogP contribution in [0.2, 0.25) is 5.02 Å². The number of nitrogens with zero attached hydrogens (tertiary/aromatic N) is 2. The predicted octanol–water partition coefficient (Wildman–Crippen LogP) is 3.59. The van der Waals surface area contributed by atoms with E-state index in [1.165, 1.54) is 16.9 Å². The fourth-order valence-corrected chi connectivity index (χ4v) is 4.17. The van der Waals surface area contributed by atoms with Gasteiger partial charge in [0.25, 0.3) is 0 Å². The number of benzene rings is 2. The average Bonchev–Trinajstić information content (AvgIpc) is 2.67. The third-order valence-electron chi connectivity index (χ3n) is 5.23. The minimum Gasteiger partial charge on any atom is -0.326 e. The first-order valence-corrected chi connectivity index (χ1v) is 11.8. The summed E-state index contributed by atoms with van der Waals surface area (Å²) < 4.78 is 24.6. The van der Waals surface area contributed by atoms with Gasteiger partial charge in [-0.3, -0.25) is 14.0 Å². The van der Waals surface area contributed by atoms with E-state index in [1.807, 2.05) is 18.2 Å². The molecular weight excluding hydrogens is 410 g/mol. The van der Waals surface area contributed by atoms with Crippen molar-refractivity contribution in [1.82, 2.24) is 4.90 Å². The second-order valence-corrected chi connectivity index (χ2v) is 9.90. The fourth-order valence-electron chi connectivity index (χ4n) is 3.46. The van der Waals surface area contributed by atoms with E-state index in [-0.39, 0.29) is 11.8 Å². The SMILES string of the molecule is CN(c1cccc(NC(=O)C2CCN(Cc3cccc(Cl)c3)CC2)c1)S(C)(=O)=O. The maximum atomic E-state index is 12.7. The lowest BCUT2D eigenvalue weighted by Gasteiger charge is -2.31. The standard InChI is InChI=1S/C21H26ClN3O3S/c1-24(29(2,27)28)20-8-4-7-19(14-20)23-21(26)17-9-11-25(12-10-17)15-16-5-3-6-18(22)13-16/h3-8,13-14,17H,9-12,15H2,1-2H3,(H,23,26). The Labute approximate surface area is 177 Å². The van der Waals surface area contributed by atoms with E-state index < -0.39 is 10.0 Å². The lowest BCUT2D eigenvalue weighted by Crippen LogP contribution is -2.37. The van der Waals surface area contributed by atoms with Gasteiger partial charge >= 0.3 is 0 Å². The van der Waals surface area contributed by atoms with Crippen LogP contribution in [-0.4, -0.2) is 45.6 Å². The molecule has 1 fully saturated rings. The van der Waals surface area contributed by atoms with Gasteiger partial charge in [-0.1, -0.05) is 29.8 Å². The number of halogens is 1. The van der Waals surface area contributed by atoms with Crippen LogP contribution in [0.15, 0.2) is 48.5 Å². The summed E-state index contributed by atoms with van der Waals surface area (Å²) in [5.41, 5.74) is 2.29. The molecule has 1 aliphatic rings. The van der Waals surface area contributed by atoms with Gasteiger partial charge in [-0.2, -0.15) is 0 Å². The van der Waals surface area contributed by atoms with Crippen molar-refractivity contribution in [3.05, 3.63) is 59.1 Å². The molecule has 0 aliphatic carbocycles. The molecule has 8 heteroatoms. The van der Waals surface area contributed by atoms with Gasteiger partial charge in [0.15, 0.2) is 0 Å². The minimum absolute atomic E-state index is 0.0217. The van der Waals surface area contributed by atoms with E-state index in [4.69, 9.17) is 11.6 Å². The first kappa shape index (κ1) is 21.6. The number of anilines is 2. The number of nitrogens with one attached hydrogen (secondary N) is 1. The van der Waals surface area contributed by atoms with Crippen LogP contribution in [0.4, 0.5) is 11.4 Å². The molecule has 0 unspecified atom stereocenters. The highest BCUT2D eigenvalue weighted by Gasteiger charge is 2.25. The molecule has 3 rings (SSSR count). The molecule has 1 saturated heterocycles. The molecule has 2 aromatic rings. The maximum Gasteiger partial charge on any atom is 0.231 e. The van der Waals surface area contributed by atoms with Gasteiger partial charge in [0.1, 0.15) is 0 Å². The first-order valence-electron chi connectivity index (χ1n) is 9.54. The Morgan fingerprint density at radius 1 is 1.17 bits per heavy atom. The summed E-state index contributed by atoms with van der Waals surface area (Å²) in [6.45, 7) is 2.53. The molecule has 1 aliphatic heterocycles. The van der Waals surface area contributed by atoms with Gasteiger partial charge in [-0.15, -0.1) is 0 Å². The summed E-state index contributed by atoms with van der Waals surface area (Å²) in [4.78, 5) is 15.0. The second kappa shape index (κ2) is 9.15. The molecule has 1 heterocycles. The molecule has 0 bridgehead atoms. The number of carbonyl (C=O) groups excluding carboxylic acids is 1. The van der Waals surface area contributed by atoms with Gasteiger partial charge in [0.05, 0.1) is 11.9 Å². The molecule has 0 saturated carbocycles. The van der Waals surface area contributed by atoms with Crippen molar-refractivity contribution in [3.8, 4) is 0 Å². The summed E-state index contributed by atoms with van der Waals surface area (Å²) >= 11 is 6.05. The topological polar surface area (TPSA) is 69.7 Å². The number of rotatable bonds is 6. The smallest absolute Gasteiger partial charge is 0.231 e. The summed E-state index contributed by atoms with van der Waals surface area (Å²) in [5.74, 6) is -0.0755.